The molecular weight excluding hydrogens is 230 g/mol. The van der Waals surface area contributed by atoms with Crippen molar-refractivity contribution >= 4 is 5.84 Å². The van der Waals surface area contributed by atoms with E-state index in [0.29, 0.717) is 11.9 Å². The molecule has 0 aromatic rings. The molecule has 1 heterocycles. The predicted molar refractivity (Wildman–Crippen MR) is 72.9 cm³/mol. The first kappa shape index (κ1) is 15.2. The third kappa shape index (κ3) is 4.46. The summed E-state index contributed by atoms with van der Waals surface area (Å²) in [5.74, 6) is 0.316. The van der Waals surface area contributed by atoms with E-state index in [0.717, 1.165) is 45.4 Å². The molecular formula is C13H27N3O2. The fraction of sp³-hybridized carbons (Fsp3) is 0.923. The van der Waals surface area contributed by atoms with E-state index in [1.807, 2.05) is 13.8 Å². The Hall–Kier alpha value is -0.810. The minimum Gasteiger partial charge on any atom is -0.409 e. The second-order valence-corrected chi connectivity index (χ2v) is 5.80. The molecule has 1 saturated heterocycles. The fourth-order valence-corrected chi connectivity index (χ4v) is 2.34. The van der Waals surface area contributed by atoms with Gasteiger partial charge in [-0.25, -0.2) is 0 Å². The zero-order chi connectivity index (χ0) is 13.6. The molecule has 0 aliphatic carbocycles. The van der Waals surface area contributed by atoms with Gasteiger partial charge in [0.15, 0.2) is 0 Å². The molecule has 1 fully saturated rings. The van der Waals surface area contributed by atoms with Crippen LogP contribution in [0.5, 0.6) is 0 Å². The number of rotatable bonds is 6. The second kappa shape index (κ2) is 6.95. The van der Waals surface area contributed by atoms with Crippen LogP contribution < -0.4 is 5.73 Å². The van der Waals surface area contributed by atoms with Gasteiger partial charge in [0.05, 0.1) is 0 Å². The van der Waals surface area contributed by atoms with Crippen molar-refractivity contribution in [2.75, 3.05) is 26.8 Å². The van der Waals surface area contributed by atoms with Crippen molar-refractivity contribution in [3.8, 4) is 0 Å². The Kier molecular flexibility index (Phi) is 5.88. The van der Waals surface area contributed by atoms with Crippen LogP contribution in [-0.2, 0) is 4.74 Å². The SMILES string of the molecule is CN(CCCC(C)(C)C(N)=NO)C1CCOCC1. The predicted octanol–water partition coefficient (Wildman–Crippen LogP) is 1.65. The van der Waals surface area contributed by atoms with Crippen LogP contribution in [0, 0.1) is 5.41 Å². The minimum atomic E-state index is -0.231. The Bertz CT molecular complexity index is 273. The molecule has 0 spiro atoms. The molecule has 0 aromatic carbocycles. The Morgan fingerprint density at radius 2 is 2.06 bits per heavy atom. The van der Waals surface area contributed by atoms with Gasteiger partial charge in [0.2, 0.25) is 0 Å². The van der Waals surface area contributed by atoms with Gasteiger partial charge in [0.25, 0.3) is 0 Å². The van der Waals surface area contributed by atoms with E-state index in [4.69, 9.17) is 15.7 Å². The maximum atomic E-state index is 8.72. The molecule has 1 aliphatic rings. The van der Waals surface area contributed by atoms with Crippen molar-refractivity contribution in [1.82, 2.24) is 4.90 Å². The molecule has 1 aliphatic heterocycles. The summed E-state index contributed by atoms with van der Waals surface area (Å²) < 4.78 is 5.37. The van der Waals surface area contributed by atoms with Crippen molar-refractivity contribution in [3.05, 3.63) is 0 Å². The van der Waals surface area contributed by atoms with Gasteiger partial charge in [-0.15, -0.1) is 0 Å². The number of nitrogens with two attached hydrogens (primary N) is 1. The normalized spacial score (nSPS) is 19.4. The number of nitrogens with zero attached hydrogens (tertiary/aromatic N) is 2. The zero-order valence-electron chi connectivity index (χ0n) is 11.9. The highest BCUT2D eigenvalue weighted by atomic mass is 16.5. The average molecular weight is 257 g/mol. The van der Waals surface area contributed by atoms with Crippen molar-refractivity contribution in [3.63, 3.8) is 0 Å². The first-order valence-corrected chi connectivity index (χ1v) is 6.73. The van der Waals surface area contributed by atoms with Crippen molar-refractivity contribution in [2.45, 2.75) is 45.6 Å². The molecule has 0 bridgehead atoms. The van der Waals surface area contributed by atoms with Gasteiger partial charge in [-0.1, -0.05) is 19.0 Å². The third-order valence-electron chi connectivity index (χ3n) is 3.93. The summed E-state index contributed by atoms with van der Waals surface area (Å²) in [5, 5.41) is 11.8. The van der Waals surface area contributed by atoms with Gasteiger partial charge >= 0.3 is 0 Å². The lowest BCUT2D eigenvalue weighted by Gasteiger charge is -2.32. The summed E-state index contributed by atoms with van der Waals surface area (Å²) >= 11 is 0. The average Bonchev–Trinajstić information content (AvgIpc) is 2.38. The first-order valence-electron chi connectivity index (χ1n) is 6.73. The molecule has 0 atom stereocenters. The largest absolute Gasteiger partial charge is 0.409 e. The molecule has 5 nitrogen and oxygen atoms in total. The molecule has 0 unspecified atom stereocenters. The topological polar surface area (TPSA) is 71.1 Å². The molecule has 0 aromatic heterocycles. The highest BCUT2D eigenvalue weighted by Gasteiger charge is 2.24. The highest BCUT2D eigenvalue weighted by Crippen LogP contribution is 2.23. The monoisotopic (exact) mass is 257 g/mol. The number of amidine groups is 1. The van der Waals surface area contributed by atoms with Gasteiger partial charge in [-0.05, 0) is 39.3 Å². The molecule has 0 saturated carbocycles. The third-order valence-corrected chi connectivity index (χ3v) is 3.93. The maximum absolute atomic E-state index is 8.72. The molecule has 0 amide bonds. The van der Waals surface area contributed by atoms with Crippen LogP contribution in [0.3, 0.4) is 0 Å². The van der Waals surface area contributed by atoms with Crippen LogP contribution in [0.4, 0.5) is 0 Å². The molecule has 0 radical (unpaired) electrons. The lowest BCUT2D eigenvalue weighted by atomic mass is 9.86. The van der Waals surface area contributed by atoms with E-state index in [1.54, 1.807) is 0 Å². The van der Waals surface area contributed by atoms with Gasteiger partial charge in [-0.3, -0.25) is 0 Å². The van der Waals surface area contributed by atoms with E-state index in [2.05, 4.69) is 17.1 Å². The molecule has 106 valence electrons. The number of ether oxygens (including phenoxy) is 1. The summed E-state index contributed by atoms with van der Waals surface area (Å²) in [5.41, 5.74) is 5.45. The van der Waals surface area contributed by atoms with Crippen LogP contribution in [0.2, 0.25) is 0 Å². The van der Waals surface area contributed by atoms with E-state index in [1.165, 1.54) is 0 Å². The van der Waals surface area contributed by atoms with Gasteiger partial charge < -0.3 is 20.6 Å². The molecule has 18 heavy (non-hydrogen) atoms. The van der Waals surface area contributed by atoms with Crippen LogP contribution in [0.25, 0.3) is 0 Å². The van der Waals surface area contributed by atoms with E-state index in [-0.39, 0.29) is 5.41 Å². The Balaban J connectivity index is 2.28. The molecule has 5 heteroatoms. The fourth-order valence-electron chi connectivity index (χ4n) is 2.34. The Labute approximate surface area is 110 Å². The van der Waals surface area contributed by atoms with Crippen molar-refractivity contribution < 1.29 is 9.94 Å². The summed E-state index contributed by atoms with van der Waals surface area (Å²) in [7, 11) is 2.17. The quantitative estimate of drug-likeness (QED) is 0.328. The van der Waals surface area contributed by atoms with Gasteiger partial charge in [0.1, 0.15) is 5.84 Å². The van der Waals surface area contributed by atoms with Crippen LogP contribution in [0.15, 0.2) is 5.16 Å². The standard InChI is InChI=1S/C13H27N3O2/c1-13(2,12(14)15-17)7-4-8-16(3)11-5-9-18-10-6-11/h11,17H,4-10H2,1-3H3,(H2,14,15). The highest BCUT2D eigenvalue weighted by molar-refractivity contribution is 5.85. The summed E-state index contributed by atoms with van der Waals surface area (Å²) in [4.78, 5) is 2.41. The van der Waals surface area contributed by atoms with Gasteiger partial charge in [0, 0.05) is 24.7 Å². The Morgan fingerprint density at radius 1 is 1.44 bits per heavy atom. The van der Waals surface area contributed by atoms with E-state index >= 15 is 0 Å². The first-order chi connectivity index (χ1) is 8.47. The zero-order valence-corrected chi connectivity index (χ0v) is 11.9. The number of hydrogen-bond acceptors (Lipinski definition) is 4. The molecule has 1 rings (SSSR count). The van der Waals surface area contributed by atoms with Crippen molar-refractivity contribution in [2.24, 2.45) is 16.3 Å². The van der Waals surface area contributed by atoms with Crippen molar-refractivity contribution in [1.29, 1.82) is 0 Å². The van der Waals surface area contributed by atoms with E-state index < -0.39 is 0 Å². The van der Waals surface area contributed by atoms with Crippen LogP contribution in [-0.4, -0.2) is 48.8 Å². The van der Waals surface area contributed by atoms with E-state index in [9.17, 15) is 0 Å². The van der Waals surface area contributed by atoms with Gasteiger partial charge in [-0.2, -0.15) is 0 Å². The van der Waals surface area contributed by atoms with Crippen LogP contribution >= 0.6 is 0 Å². The number of oxime groups is 1. The number of hydrogen-bond donors (Lipinski definition) is 2. The molecule has 3 N–H and O–H groups in total. The minimum absolute atomic E-state index is 0.231. The smallest absolute Gasteiger partial charge is 0.144 e. The Morgan fingerprint density at radius 3 is 2.61 bits per heavy atom. The summed E-state index contributed by atoms with van der Waals surface area (Å²) in [6, 6.07) is 0.644. The lowest BCUT2D eigenvalue weighted by molar-refractivity contribution is 0.0421. The van der Waals surface area contributed by atoms with Crippen LogP contribution in [0.1, 0.15) is 39.5 Å². The lowest BCUT2D eigenvalue weighted by Crippen LogP contribution is -2.38. The second-order valence-electron chi connectivity index (χ2n) is 5.80. The summed E-state index contributed by atoms with van der Waals surface area (Å²) in [6.07, 6.45) is 4.23. The maximum Gasteiger partial charge on any atom is 0.144 e. The summed E-state index contributed by atoms with van der Waals surface area (Å²) in [6.45, 7) is 6.83.